The van der Waals surface area contributed by atoms with Gasteiger partial charge in [-0.25, -0.2) is 0 Å². The number of amides is 4. The van der Waals surface area contributed by atoms with E-state index in [9.17, 15) is 57.5 Å². The zero-order chi connectivity index (χ0) is 100. The number of hydrogen-bond acceptors (Lipinski definition) is 32. The maximum Gasteiger partial charge on any atom is 0.242 e. The largest absolute Gasteiger partial charge is 0.379 e. The minimum atomic E-state index is -1.10. The van der Waals surface area contributed by atoms with Gasteiger partial charge in [0.1, 0.15) is 59.2 Å². The molecule has 3 atom stereocenters. The lowest BCUT2D eigenvalue weighted by atomic mass is 9.92. The summed E-state index contributed by atoms with van der Waals surface area (Å²) in [4.78, 5) is 158. The van der Waals surface area contributed by atoms with Gasteiger partial charge in [-0.3, -0.25) is 57.5 Å². The first-order valence-corrected chi connectivity index (χ1v) is 51.5. The molecule has 0 aromatic rings. The Balaban J connectivity index is 6.24. The van der Waals surface area contributed by atoms with Gasteiger partial charge >= 0.3 is 0 Å². The number of ether oxygens (including phenoxy) is 20. The SMILES string of the molecule is CCCOCCOCCC(=O)CCCOCCOCCC(=O)CCCCCC(CC(=O)CCOCCOCCCC(=O)CCOCCOCCC)C(=O)N[C@@H](CCCCNC(=O)[C@H](CCCCCC(=O)CCOCCOCCCC(=O)CCOCCOCCC)NC(=O)CCOCCOCCCC(=O)CCOCCOCCC)C(=O)NCCOCCOCC(=O)CCCOCCOCC(C)(C)C. The monoisotopic (exact) mass is 1970 g/mol. The third-order valence-electron chi connectivity index (χ3n) is 20.6. The van der Waals surface area contributed by atoms with Gasteiger partial charge in [0.15, 0.2) is 5.78 Å². The van der Waals surface area contributed by atoms with E-state index in [1.807, 2.05) is 27.7 Å². The van der Waals surface area contributed by atoms with Crippen molar-refractivity contribution in [3.8, 4) is 0 Å². The molecule has 1 unspecified atom stereocenters. The summed E-state index contributed by atoms with van der Waals surface area (Å²) in [5.74, 6) is -2.67. The smallest absolute Gasteiger partial charge is 0.242 e. The van der Waals surface area contributed by atoms with E-state index in [2.05, 4.69) is 42.0 Å². The van der Waals surface area contributed by atoms with E-state index in [1.165, 1.54) is 0 Å². The normalized spacial score (nSPS) is 12.3. The van der Waals surface area contributed by atoms with Crippen LogP contribution in [0.5, 0.6) is 0 Å². The molecule has 36 heteroatoms. The fourth-order valence-corrected chi connectivity index (χ4v) is 13.0. The average molecular weight is 1970 g/mol. The number of unbranched alkanes of at least 4 members (excludes halogenated alkanes) is 5. The lowest BCUT2D eigenvalue weighted by Gasteiger charge is -2.23. The Kier molecular flexibility index (Phi) is 96.5. The van der Waals surface area contributed by atoms with E-state index in [0.717, 1.165) is 25.7 Å². The van der Waals surface area contributed by atoms with Crippen molar-refractivity contribution in [3.63, 3.8) is 0 Å². The molecule has 36 nitrogen and oxygen atoms in total. The number of carbonyl (C=O) groups excluding carboxylic acids is 12. The van der Waals surface area contributed by atoms with Crippen molar-refractivity contribution in [1.82, 2.24) is 21.3 Å². The first-order chi connectivity index (χ1) is 66.6. The Labute approximate surface area is 820 Å². The molecule has 0 radical (unpaired) electrons. The van der Waals surface area contributed by atoms with Crippen LogP contribution in [0, 0.1) is 11.3 Å². The zero-order valence-corrected chi connectivity index (χ0v) is 85.5. The van der Waals surface area contributed by atoms with Crippen molar-refractivity contribution in [2.24, 2.45) is 11.3 Å². The molecular weight excluding hydrogens is 1780 g/mol. The fourth-order valence-electron chi connectivity index (χ4n) is 13.0. The highest BCUT2D eigenvalue weighted by atomic mass is 16.6. The molecule has 4 amide bonds. The molecule has 0 fully saturated rings. The molecule has 0 aromatic carbocycles. The van der Waals surface area contributed by atoms with Gasteiger partial charge < -0.3 is 116 Å². The van der Waals surface area contributed by atoms with Crippen molar-refractivity contribution in [3.05, 3.63) is 0 Å². The van der Waals surface area contributed by atoms with Crippen LogP contribution in [0.25, 0.3) is 0 Å². The number of hydrogen-bond donors (Lipinski definition) is 4. The predicted octanol–water partition coefficient (Wildman–Crippen LogP) is 10.9. The van der Waals surface area contributed by atoms with Gasteiger partial charge in [0.2, 0.25) is 23.6 Å². The number of Topliss-reactive ketones (excluding diaryl/α,β-unsaturated/α-hetero) is 8. The summed E-state index contributed by atoms with van der Waals surface area (Å²) in [6, 6.07) is -2.04. The van der Waals surface area contributed by atoms with Crippen molar-refractivity contribution >= 4 is 69.9 Å². The summed E-state index contributed by atoms with van der Waals surface area (Å²) in [6.45, 7) is 28.9. The van der Waals surface area contributed by atoms with Gasteiger partial charge in [0.05, 0.1) is 198 Å². The number of nitrogens with one attached hydrogen (secondary N) is 4. The lowest BCUT2D eigenvalue weighted by molar-refractivity contribution is -0.133. The highest BCUT2D eigenvalue weighted by molar-refractivity contribution is 5.91. The van der Waals surface area contributed by atoms with Crippen molar-refractivity contribution in [2.45, 2.75) is 292 Å². The standard InChI is InChI=1S/C101H184N4O32/c1-8-45-118-63-71-127-56-37-89(108)28-20-49-122-67-75-131-54-35-87(106)26-15-12-14-25-86(83-93(112)41-60-133-77-69-124-51-22-30-91(110)39-58-129-73-65-120-47-10-3)98(115)105-96(100(117)103-44-62-135-79-81-136-84-94(113)32-24-53-126-80-82-137-85-101(5,6)7)34-18-19-43-102-99(116)95(104-97(114)42-61-134-78-70-125-52-23-31-92(111)40-59-130-74-66-121-48-11-4)33-17-13-16-27-88(107)36-55-132-76-68-123-50-21-29-90(109)38-57-128-72-64-119-46-9-2/h86,95-96H,8-85H2,1-7H3,(H,102,116)(H,103,117)(H,104,114)(H,105,115)/t86?,95-,96-/m0/s1. The van der Waals surface area contributed by atoms with Crippen molar-refractivity contribution in [1.29, 1.82) is 0 Å². The van der Waals surface area contributed by atoms with Crippen molar-refractivity contribution in [2.75, 3.05) is 277 Å². The summed E-state index contributed by atoms with van der Waals surface area (Å²) in [5, 5.41) is 11.7. The van der Waals surface area contributed by atoms with E-state index in [0.29, 0.717) is 333 Å². The van der Waals surface area contributed by atoms with E-state index in [4.69, 9.17) is 94.7 Å². The molecule has 0 saturated carbocycles. The van der Waals surface area contributed by atoms with Crippen LogP contribution in [0.15, 0.2) is 0 Å². The quantitative estimate of drug-likeness (QED) is 0.0411. The molecule has 137 heavy (non-hydrogen) atoms. The van der Waals surface area contributed by atoms with Crippen LogP contribution in [0.2, 0.25) is 0 Å². The maximum absolute atomic E-state index is 14.7. The first-order valence-electron chi connectivity index (χ1n) is 51.5. The van der Waals surface area contributed by atoms with Crippen LogP contribution >= 0.6 is 0 Å². The fraction of sp³-hybridized carbons (Fsp3) is 0.881. The molecule has 0 bridgehead atoms. The molecule has 0 rings (SSSR count). The third kappa shape index (κ3) is 96.4. The molecule has 4 N–H and O–H groups in total. The summed E-state index contributed by atoms with van der Waals surface area (Å²) in [5.41, 5.74) is 0.0576. The Morgan fingerprint density at radius 2 is 0.474 bits per heavy atom. The number of carbonyl (C=O) groups is 12. The van der Waals surface area contributed by atoms with Gasteiger partial charge in [0, 0.05) is 181 Å². The summed E-state index contributed by atoms with van der Waals surface area (Å²) < 4.78 is 111. The number of rotatable bonds is 112. The maximum atomic E-state index is 14.7. The minimum Gasteiger partial charge on any atom is -0.379 e. The highest BCUT2D eigenvalue weighted by Crippen LogP contribution is 2.20. The molecular formula is C101H184N4O32. The van der Waals surface area contributed by atoms with Gasteiger partial charge in [0.25, 0.3) is 0 Å². The van der Waals surface area contributed by atoms with E-state index >= 15 is 0 Å². The second-order valence-corrected chi connectivity index (χ2v) is 34.9. The Morgan fingerprint density at radius 1 is 0.212 bits per heavy atom. The zero-order valence-electron chi connectivity index (χ0n) is 85.5. The Hall–Kier alpha value is -5.56. The van der Waals surface area contributed by atoms with Crippen molar-refractivity contribution < 1.29 is 152 Å². The molecule has 0 spiro atoms. The van der Waals surface area contributed by atoms with Gasteiger partial charge in [-0.1, -0.05) is 74.1 Å². The third-order valence-corrected chi connectivity index (χ3v) is 20.6. The molecule has 0 aliphatic heterocycles. The van der Waals surface area contributed by atoms with Crippen LogP contribution in [0.4, 0.5) is 0 Å². The summed E-state index contributed by atoms with van der Waals surface area (Å²) >= 11 is 0. The van der Waals surface area contributed by atoms with Gasteiger partial charge in [-0.15, -0.1) is 0 Å². The second kappa shape index (κ2) is 101. The molecule has 0 heterocycles. The van der Waals surface area contributed by atoms with Crippen LogP contribution < -0.4 is 21.3 Å². The van der Waals surface area contributed by atoms with E-state index < -0.39 is 41.6 Å². The summed E-state index contributed by atoms with van der Waals surface area (Å²) in [7, 11) is 0. The predicted molar refractivity (Wildman–Crippen MR) is 518 cm³/mol. The molecule has 0 aromatic heterocycles. The highest BCUT2D eigenvalue weighted by Gasteiger charge is 2.28. The molecule has 0 aliphatic rings. The molecule has 0 saturated heterocycles. The lowest BCUT2D eigenvalue weighted by Crippen LogP contribution is -2.49. The first kappa shape index (κ1) is 131. The van der Waals surface area contributed by atoms with E-state index in [1.54, 1.807) is 0 Å². The Morgan fingerprint density at radius 3 is 0.818 bits per heavy atom. The molecule has 0 aliphatic carbocycles. The summed E-state index contributed by atoms with van der Waals surface area (Å²) in [6.07, 6.45) is 15.0. The van der Waals surface area contributed by atoms with Crippen LogP contribution in [0.1, 0.15) is 280 Å². The Bertz CT molecular complexity index is 2930. The number of ketones is 8. The second-order valence-electron chi connectivity index (χ2n) is 34.9. The van der Waals surface area contributed by atoms with Gasteiger partial charge in [-0.05, 0) is 108 Å². The van der Waals surface area contributed by atoms with Crippen LogP contribution in [0.3, 0.4) is 0 Å². The minimum absolute atomic E-state index is 0.00269. The molecule has 800 valence electrons. The average Bonchev–Trinajstić information content (AvgIpc) is 0.874. The topological polar surface area (TPSA) is 438 Å². The van der Waals surface area contributed by atoms with E-state index in [-0.39, 0.29) is 202 Å². The van der Waals surface area contributed by atoms with Crippen LogP contribution in [-0.2, 0) is 152 Å². The van der Waals surface area contributed by atoms with Crippen LogP contribution in [-0.4, -0.2) is 359 Å². The van der Waals surface area contributed by atoms with Gasteiger partial charge in [-0.2, -0.15) is 0 Å².